The average molecular weight is 302 g/mol. The van der Waals surface area contributed by atoms with Crippen LogP contribution in [-0.4, -0.2) is 43.2 Å². The van der Waals surface area contributed by atoms with Gasteiger partial charge in [-0.3, -0.25) is 9.69 Å². The van der Waals surface area contributed by atoms with Crippen LogP contribution in [0, 0.1) is 5.92 Å². The molecule has 1 aromatic rings. The standard InChI is InChI=1S/C18H26N2O2/c21-18(19-17-8-11-22-12-9-17)16-7-4-10-20(14-16)13-15-5-2-1-3-6-15/h1-3,5-6,16-17H,4,7-14H2,(H,19,21). The van der Waals surface area contributed by atoms with Crippen LogP contribution in [0.5, 0.6) is 0 Å². The van der Waals surface area contributed by atoms with Crippen molar-refractivity contribution < 1.29 is 9.53 Å². The number of carbonyl (C=O) groups is 1. The van der Waals surface area contributed by atoms with E-state index in [2.05, 4.69) is 34.5 Å². The number of nitrogens with one attached hydrogen (secondary N) is 1. The summed E-state index contributed by atoms with van der Waals surface area (Å²) < 4.78 is 5.35. The van der Waals surface area contributed by atoms with E-state index in [1.807, 2.05) is 6.07 Å². The third-order valence-electron chi connectivity index (χ3n) is 4.69. The highest BCUT2D eigenvalue weighted by atomic mass is 16.5. The zero-order valence-corrected chi connectivity index (χ0v) is 13.2. The minimum absolute atomic E-state index is 0.139. The molecule has 120 valence electrons. The third kappa shape index (κ3) is 4.31. The zero-order valence-electron chi connectivity index (χ0n) is 13.2. The van der Waals surface area contributed by atoms with Crippen LogP contribution in [0.3, 0.4) is 0 Å². The molecule has 1 N–H and O–H groups in total. The van der Waals surface area contributed by atoms with E-state index in [0.717, 1.165) is 58.5 Å². The summed E-state index contributed by atoms with van der Waals surface area (Å²) >= 11 is 0. The number of piperidine rings is 1. The second kappa shape index (κ2) is 7.75. The molecule has 1 amide bonds. The highest BCUT2D eigenvalue weighted by molar-refractivity contribution is 5.79. The van der Waals surface area contributed by atoms with Crippen LogP contribution in [0.1, 0.15) is 31.2 Å². The van der Waals surface area contributed by atoms with Crippen molar-refractivity contribution in [2.24, 2.45) is 5.92 Å². The molecule has 1 aromatic carbocycles. The summed E-state index contributed by atoms with van der Waals surface area (Å²) in [6.07, 6.45) is 4.03. The SMILES string of the molecule is O=C(NC1CCOCC1)C1CCCN(Cc2ccccc2)C1. The Kier molecular flexibility index (Phi) is 5.46. The molecular formula is C18H26N2O2. The van der Waals surface area contributed by atoms with Gasteiger partial charge in [0.1, 0.15) is 0 Å². The Morgan fingerprint density at radius 1 is 1.18 bits per heavy atom. The predicted octanol–water partition coefficient (Wildman–Crippen LogP) is 2.19. The number of amides is 1. The second-order valence-electron chi connectivity index (χ2n) is 6.46. The Bertz CT molecular complexity index is 471. The molecular weight excluding hydrogens is 276 g/mol. The summed E-state index contributed by atoms with van der Waals surface area (Å²) in [5.41, 5.74) is 1.33. The van der Waals surface area contributed by atoms with Crippen molar-refractivity contribution in [2.45, 2.75) is 38.3 Å². The van der Waals surface area contributed by atoms with Gasteiger partial charge < -0.3 is 10.1 Å². The van der Waals surface area contributed by atoms with Crippen LogP contribution < -0.4 is 5.32 Å². The first-order valence-corrected chi connectivity index (χ1v) is 8.45. The molecule has 0 saturated carbocycles. The molecule has 2 aliphatic rings. The van der Waals surface area contributed by atoms with Crippen molar-refractivity contribution in [2.75, 3.05) is 26.3 Å². The normalized spacial score (nSPS) is 24.1. The van der Waals surface area contributed by atoms with Gasteiger partial charge in [-0.05, 0) is 37.8 Å². The first kappa shape index (κ1) is 15.5. The number of ether oxygens (including phenoxy) is 1. The largest absolute Gasteiger partial charge is 0.381 e. The summed E-state index contributed by atoms with van der Waals surface area (Å²) in [6, 6.07) is 10.8. The summed E-state index contributed by atoms with van der Waals surface area (Å²) in [6.45, 7) is 4.47. The maximum Gasteiger partial charge on any atom is 0.224 e. The third-order valence-corrected chi connectivity index (χ3v) is 4.69. The molecule has 1 atom stereocenters. The fourth-order valence-corrected chi connectivity index (χ4v) is 3.42. The maximum atomic E-state index is 12.5. The molecule has 22 heavy (non-hydrogen) atoms. The molecule has 0 spiro atoms. The van der Waals surface area contributed by atoms with Gasteiger partial charge in [0.2, 0.25) is 5.91 Å². The molecule has 4 heteroatoms. The van der Waals surface area contributed by atoms with Crippen LogP contribution >= 0.6 is 0 Å². The molecule has 0 aromatic heterocycles. The number of carbonyl (C=O) groups excluding carboxylic acids is 1. The van der Waals surface area contributed by atoms with Gasteiger partial charge in [0.15, 0.2) is 0 Å². The van der Waals surface area contributed by atoms with E-state index >= 15 is 0 Å². The fraction of sp³-hybridized carbons (Fsp3) is 0.611. The average Bonchev–Trinajstić information content (AvgIpc) is 2.57. The lowest BCUT2D eigenvalue weighted by atomic mass is 9.95. The van der Waals surface area contributed by atoms with Crippen molar-refractivity contribution in [3.63, 3.8) is 0 Å². The number of nitrogens with zero attached hydrogens (tertiary/aromatic N) is 1. The Labute approximate surface area is 132 Å². The number of hydrogen-bond donors (Lipinski definition) is 1. The van der Waals surface area contributed by atoms with Gasteiger partial charge in [-0.2, -0.15) is 0 Å². The number of rotatable bonds is 4. The quantitative estimate of drug-likeness (QED) is 0.927. The molecule has 1 unspecified atom stereocenters. The Balaban J connectivity index is 1.50. The van der Waals surface area contributed by atoms with E-state index in [9.17, 15) is 4.79 Å². The van der Waals surface area contributed by atoms with E-state index in [1.165, 1.54) is 5.56 Å². The Morgan fingerprint density at radius 2 is 1.95 bits per heavy atom. The lowest BCUT2D eigenvalue weighted by Gasteiger charge is -2.33. The molecule has 3 rings (SSSR count). The van der Waals surface area contributed by atoms with E-state index < -0.39 is 0 Å². The highest BCUT2D eigenvalue weighted by Gasteiger charge is 2.27. The molecule has 0 radical (unpaired) electrons. The van der Waals surface area contributed by atoms with E-state index in [1.54, 1.807) is 0 Å². The van der Waals surface area contributed by atoms with Gasteiger partial charge in [-0.15, -0.1) is 0 Å². The van der Waals surface area contributed by atoms with Crippen LogP contribution in [0.25, 0.3) is 0 Å². The minimum Gasteiger partial charge on any atom is -0.381 e. The van der Waals surface area contributed by atoms with E-state index in [0.29, 0.717) is 6.04 Å². The van der Waals surface area contributed by atoms with Crippen molar-refractivity contribution >= 4 is 5.91 Å². The summed E-state index contributed by atoms with van der Waals surface area (Å²) in [5.74, 6) is 0.380. The first-order chi connectivity index (χ1) is 10.8. The smallest absolute Gasteiger partial charge is 0.224 e. The van der Waals surface area contributed by atoms with Crippen LogP contribution in [0.15, 0.2) is 30.3 Å². The van der Waals surface area contributed by atoms with Gasteiger partial charge in [0, 0.05) is 32.3 Å². The van der Waals surface area contributed by atoms with Gasteiger partial charge in [-0.25, -0.2) is 0 Å². The molecule has 4 nitrogen and oxygen atoms in total. The van der Waals surface area contributed by atoms with Crippen molar-refractivity contribution in [3.8, 4) is 0 Å². The van der Waals surface area contributed by atoms with Gasteiger partial charge in [-0.1, -0.05) is 30.3 Å². The summed E-state index contributed by atoms with van der Waals surface area (Å²) in [7, 11) is 0. The van der Waals surface area contributed by atoms with Gasteiger partial charge in [0.25, 0.3) is 0 Å². The molecule has 0 bridgehead atoms. The van der Waals surface area contributed by atoms with Crippen LogP contribution in [0.2, 0.25) is 0 Å². The van der Waals surface area contributed by atoms with Gasteiger partial charge >= 0.3 is 0 Å². The number of likely N-dealkylation sites (tertiary alicyclic amines) is 1. The Morgan fingerprint density at radius 3 is 2.73 bits per heavy atom. The first-order valence-electron chi connectivity index (χ1n) is 8.45. The zero-order chi connectivity index (χ0) is 15.2. The number of hydrogen-bond acceptors (Lipinski definition) is 3. The molecule has 2 aliphatic heterocycles. The highest BCUT2D eigenvalue weighted by Crippen LogP contribution is 2.19. The molecule has 0 aliphatic carbocycles. The number of benzene rings is 1. The lowest BCUT2D eigenvalue weighted by Crippen LogP contribution is -2.47. The monoisotopic (exact) mass is 302 g/mol. The van der Waals surface area contributed by atoms with Gasteiger partial charge in [0.05, 0.1) is 5.92 Å². The van der Waals surface area contributed by atoms with E-state index in [4.69, 9.17) is 4.74 Å². The minimum atomic E-state index is 0.139. The Hall–Kier alpha value is -1.39. The van der Waals surface area contributed by atoms with Crippen molar-refractivity contribution in [1.29, 1.82) is 0 Å². The van der Waals surface area contributed by atoms with Crippen LogP contribution in [-0.2, 0) is 16.1 Å². The van der Waals surface area contributed by atoms with Crippen LogP contribution in [0.4, 0.5) is 0 Å². The lowest BCUT2D eigenvalue weighted by molar-refractivity contribution is -0.128. The van der Waals surface area contributed by atoms with E-state index in [-0.39, 0.29) is 11.8 Å². The van der Waals surface area contributed by atoms with Crippen molar-refractivity contribution in [1.82, 2.24) is 10.2 Å². The maximum absolute atomic E-state index is 12.5. The molecule has 2 fully saturated rings. The van der Waals surface area contributed by atoms with Crippen molar-refractivity contribution in [3.05, 3.63) is 35.9 Å². The summed E-state index contributed by atoms with van der Waals surface area (Å²) in [4.78, 5) is 14.9. The fourth-order valence-electron chi connectivity index (χ4n) is 3.42. The second-order valence-corrected chi connectivity index (χ2v) is 6.46. The topological polar surface area (TPSA) is 41.6 Å². The molecule has 2 heterocycles. The predicted molar refractivity (Wildman–Crippen MR) is 86.4 cm³/mol. The molecule has 2 saturated heterocycles. The summed E-state index contributed by atoms with van der Waals surface area (Å²) in [5, 5.41) is 3.23.